The lowest BCUT2D eigenvalue weighted by molar-refractivity contribution is -0.123. The molecule has 0 spiro atoms. The smallest absolute Gasteiger partial charge is 0.241 e. The van der Waals surface area contributed by atoms with Crippen LogP contribution < -0.4 is 15.4 Å². The lowest BCUT2D eigenvalue weighted by atomic mass is 9.87. The average Bonchev–Trinajstić information content (AvgIpc) is 2.68. The van der Waals surface area contributed by atoms with Gasteiger partial charge in [-0.15, -0.1) is 0 Å². The Hall–Kier alpha value is -2.71. The molecule has 29 heavy (non-hydrogen) atoms. The molecule has 7 nitrogen and oxygen atoms in total. The summed E-state index contributed by atoms with van der Waals surface area (Å²) >= 11 is 0. The summed E-state index contributed by atoms with van der Waals surface area (Å²) in [4.78, 5) is 23.7. The molecule has 0 aromatic heterocycles. The molecular weight excluding hydrogens is 390 g/mol. The molecular formula is C21H25N3O4S. The van der Waals surface area contributed by atoms with Crippen LogP contribution in [-0.2, 0) is 26.0 Å². The number of carbonyl (C=O) groups excluding carboxylic acids is 2. The van der Waals surface area contributed by atoms with Crippen molar-refractivity contribution in [2.75, 3.05) is 5.32 Å². The lowest BCUT2D eigenvalue weighted by Gasteiger charge is -2.27. The molecule has 0 bridgehead atoms. The third-order valence-corrected chi connectivity index (χ3v) is 6.45. The molecule has 0 unspecified atom stereocenters. The van der Waals surface area contributed by atoms with E-state index in [1.165, 1.54) is 43.7 Å². The predicted molar refractivity (Wildman–Crippen MR) is 111 cm³/mol. The Morgan fingerprint density at radius 3 is 2.45 bits per heavy atom. The van der Waals surface area contributed by atoms with E-state index in [1.54, 1.807) is 0 Å². The van der Waals surface area contributed by atoms with E-state index in [2.05, 4.69) is 21.4 Å². The minimum absolute atomic E-state index is 0.0225. The first kappa shape index (κ1) is 21.0. The van der Waals surface area contributed by atoms with Crippen molar-refractivity contribution in [2.24, 2.45) is 0 Å². The van der Waals surface area contributed by atoms with Crippen LogP contribution in [0.2, 0.25) is 0 Å². The van der Waals surface area contributed by atoms with Gasteiger partial charge in [0.05, 0.1) is 17.0 Å². The van der Waals surface area contributed by atoms with E-state index in [-0.39, 0.29) is 22.8 Å². The van der Waals surface area contributed by atoms with E-state index in [0.717, 1.165) is 24.8 Å². The number of rotatable bonds is 6. The Balaban J connectivity index is 1.65. The number of hydrogen-bond acceptors (Lipinski definition) is 4. The molecule has 2 amide bonds. The SMILES string of the molecule is CC(=O)Nc1ccc(S(=O)(=O)N[C@@H](C)C(=O)N[C@@H]2CCCc3ccccc32)cc1. The number of hydrogen-bond donors (Lipinski definition) is 3. The van der Waals surface area contributed by atoms with E-state index in [0.29, 0.717) is 5.69 Å². The van der Waals surface area contributed by atoms with Gasteiger partial charge in [-0.05, 0) is 61.6 Å². The first-order valence-corrected chi connectivity index (χ1v) is 11.0. The molecule has 154 valence electrons. The van der Waals surface area contributed by atoms with Crippen LogP contribution in [0.25, 0.3) is 0 Å². The number of carbonyl (C=O) groups is 2. The van der Waals surface area contributed by atoms with Crippen LogP contribution in [0.15, 0.2) is 53.4 Å². The van der Waals surface area contributed by atoms with Gasteiger partial charge in [0.1, 0.15) is 0 Å². The second kappa shape index (κ2) is 8.75. The standard InChI is InChI=1S/C21H25N3O4S/c1-14(21(26)23-20-9-5-7-16-6-3-4-8-19(16)20)24-29(27,28)18-12-10-17(11-13-18)22-15(2)25/h3-4,6,8,10-14,20,24H,5,7,9H2,1-2H3,(H,22,25)(H,23,26)/t14-,20+/m0/s1. The third kappa shape index (κ3) is 5.21. The molecule has 0 saturated heterocycles. The topological polar surface area (TPSA) is 104 Å². The highest BCUT2D eigenvalue weighted by Gasteiger charge is 2.26. The van der Waals surface area contributed by atoms with Crippen molar-refractivity contribution in [3.8, 4) is 0 Å². The molecule has 2 atom stereocenters. The van der Waals surface area contributed by atoms with Crippen LogP contribution in [0.1, 0.15) is 43.9 Å². The van der Waals surface area contributed by atoms with E-state index in [9.17, 15) is 18.0 Å². The minimum atomic E-state index is -3.87. The number of sulfonamides is 1. The molecule has 0 aliphatic heterocycles. The summed E-state index contributed by atoms with van der Waals surface area (Å²) in [6, 6.07) is 12.7. The summed E-state index contributed by atoms with van der Waals surface area (Å²) in [5.41, 5.74) is 2.81. The van der Waals surface area contributed by atoms with Crippen molar-refractivity contribution >= 4 is 27.5 Å². The number of fused-ring (bicyclic) bond motifs is 1. The number of nitrogens with one attached hydrogen (secondary N) is 3. The summed E-state index contributed by atoms with van der Waals surface area (Å²) in [6.07, 6.45) is 2.79. The Labute approximate surface area is 171 Å². The van der Waals surface area contributed by atoms with Gasteiger partial charge in [-0.2, -0.15) is 4.72 Å². The number of anilines is 1. The molecule has 0 radical (unpaired) electrons. The predicted octanol–water partition coefficient (Wildman–Crippen LogP) is 2.51. The van der Waals surface area contributed by atoms with Gasteiger partial charge in [0.2, 0.25) is 21.8 Å². The molecule has 1 aliphatic carbocycles. The second-order valence-electron chi connectivity index (χ2n) is 7.20. The van der Waals surface area contributed by atoms with Crippen LogP contribution >= 0.6 is 0 Å². The molecule has 2 aromatic rings. The van der Waals surface area contributed by atoms with Gasteiger partial charge in [-0.25, -0.2) is 8.42 Å². The summed E-state index contributed by atoms with van der Waals surface area (Å²) in [5, 5.41) is 5.54. The molecule has 3 N–H and O–H groups in total. The molecule has 0 saturated carbocycles. The van der Waals surface area contributed by atoms with Gasteiger partial charge in [0, 0.05) is 12.6 Å². The molecule has 3 rings (SSSR count). The second-order valence-corrected chi connectivity index (χ2v) is 8.91. The van der Waals surface area contributed by atoms with Crippen LogP contribution in [0, 0.1) is 0 Å². The van der Waals surface area contributed by atoms with E-state index >= 15 is 0 Å². The van der Waals surface area contributed by atoms with Crippen molar-refractivity contribution < 1.29 is 18.0 Å². The number of benzene rings is 2. The summed E-state index contributed by atoms with van der Waals surface area (Å²) < 4.78 is 27.6. The lowest BCUT2D eigenvalue weighted by Crippen LogP contribution is -2.46. The van der Waals surface area contributed by atoms with Crippen molar-refractivity contribution in [3.63, 3.8) is 0 Å². The van der Waals surface area contributed by atoms with Crippen LogP contribution in [0.5, 0.6) is 0 Å². The Bertz CT molecular complexity index is 1000. The summed E-state index contributed by atoms with van der Waals surface area (Å²) in [5.74, 6) is -0.613. The molecule has 0 heterocycles. The maximum absolute atomic E-state index is 12.6. The monoisotopic (exact) mass is 415 g/mol. The van der Waals surface area contributed by atoms with Crippen LogP contribution in [0.3, 0.4) is 0 Å². The molecule has 1 aliphatic rings. The number of aryl methyl sites for hydroxylation is 1. The van der Waals surface area contributed by atoms with Gasteiger partial charge < -0.3 is 10.6 Å². The maximum atomic E-state index is 12.6. The average molecular weight is 416 g/mol. The Morgan fingerprint density at radius 1 is 1.07 bits per heavy atom. The summed E-state index contributed by atoms with van der Waals surface area (Å²) in [6.45, 7) is 2.89. The fourth-order valence-corrected chi connectivity index (χ4v) is 4.68. The first-order valence-electron chi connectivity index (χ1n) is 9.54. The van der Waals surface area contributed by atoms with E-state index in [4.69, 9.17) is 0 Å². The Morgan fingerprint density at radius 2 is 1.76 bits per heavy atom. The molecule has 0 fully saturated rings. The quantitative estimate of drug-likeness (QED) is 0.674. The minimum Gasteiger partial charge on any atom is -0.348 e. The van der Waals surface area contributed by atoms with Gasteiger partial charge in [-0.1, -0.05) is 24.3 Å². The van der Waals surface area contributed by atoms with Crippen molar-refractivity contribution in [1.29, 1.82) is 0 Å². The first-order chi connectivity index (χ1) is 13.8. The van der Waals surface area contributed by atoms with Gasteiger partial charge >= 0.3 is 0 Å². The highest BCUT2D eigenvalue weighted by molar-refractivity contribution is 7.89. The van der Waals surface area contributed by atoms with E-state index < -0.39 is 16.1 Å². The van der Waals surface area contributed by atoms with Crippen LogP contribution in [0.4, 0.5) is 5.69 Å². The molecule has 2 aromatic carbocycles. The third-order valence-electron chi connectivity index (χ3n) is 4.90. The summed E-state index contributed by atoms with van der Waals surface area (Å²) in [7, 11) is -3.87. The van der Waals surface area contributed by atoms with Gasteiger partial charge in [-0.3, -0.25) is 9.59 Å². The zero-order valence-corrected chi connectivity index (χ0v) is 17.3. The maximum Gasteiger partial charge on any atom is 0.241 e. The Kier molecular flexibility index (Phi) is 6.34. The zero-order valence-electron chi connectivity index (χ0n) is 16.4. The van der Waals surface area contributed by atoms with Crippen molar-refractivity contribution in [3.05, 3.63) is 59.7 Å². The fourth-order valence-electron chi connectivity index (χ4n) is 3.48. The van der Waals surface area contributed by atoms with Gasteiger partial charge in [0.25, 0.3) is 0 Å². The normalized spacial score (nSPS) is 17.1. The van der Waals surface area contributed by atoms with E-state index in [1.807, 2.05) is 18.2 Å². The van der Waals surface area contributed by atoms with Gasteiger partial charge in [0.15, 0.2) is 0 Å². The highest BCUT2D eigenvalue weighted by atomic mass is 32.2. The molecule has 8 heteroatoms. The number of amides is 2. The van der Waals surface area contributed by atoms with Crippen LogP contribution in [-0.4, -0.2) is 26.3 Å². The van der Waals surface area contributed by atoms with Crippen molar-refractivity contribution in [1.82, 2.24) is 10.0 Å². The largest absolute Gasteiger partial charge is 0.348 e. The fraction of sp³-hybridized carbons (Fsp3) is 0.333. The highest BCUT2D eigenvalue weighted by Crippen LogP contribution is 2.29. The van der Waals surface area contributed by atoms with Crippen molar-refractivity contribution in [2.45, 2.75) is 50.1 Å². The zero-order chi connectivity index (χ0) is 21.0.